The number of likely N-dealkylation sites (tertiary alicyclic amines) is 1. The number of aryl methyl sites for hydroxylation is 1. The zero-order valence-electron chi connectivity index (χ0n) is 17.3. The van der Waals surface area contributed by atoms with Crippen molar-refractivity contribution < 1.29 is 14.0 Å². The second-order valence-corrected chi connectivity index (χ2v) is 7.93. The van der Waals surface area contributed by atoms with Gasteiger partial charge < -0.3 is 14.2 Å². The maximum absolute atomic E-state index is 13.0. The average molecular weight is 405 g/mol. The molecular weight excluding hydrogens is 378 g/mol. The topological polar surface area (TPSA) is 66.7 Å². The predicted octanol–water partition coefficient (Wildman–Crippen LogP) is 3.66. The van der Waals surface area contributed by atoms with Gasteiger partial charge in [0.15, 0.2) is 5.58 Å². The number of piperidine rings is 1. The van der Waals surface area contributed by atoms with Crippen LogP contribution in [0.4, 0.5) is 0 Å². The summed E-state index contributed by atoms with van der Waals surface area (Å²) in [4.78, 5) is 33.3. The first-order valence-corrected chi connectivity index (χ1v) is 10.5. The number of aromatic nitrogens is 1. The van der Waals surface area contributed by atoms with Gasteiger partial charge >= 0.3 is 0 Å². The van der Waals surface area contributed by atoms with Gasteiger partial charge in [0.25, 0.3) is 0 Å². The minimum atomic E-state index is -0.172. The SMILES string of the molecule is CN(Cc1nc2ccccc2o1)C(=O)C1CCC(=O)N(CCCc2ccccc2)C1. The Bertz CT molecular complexity index is 982. The molecule has 1 unspecified atom stereocenters. The summed E-state index contributed by atoms with van der Waals surface area (Å²) in [6.07, 6.45) is 2.86. The Morgan fingerprint density at radius 3 is 2.73 bits per heavy atom. The maximum Gasteiger partial charge on any atom is 0.227 e. The van der Waals surface area contributed by atoms with Gasteiger partial charge in [0.2, 0.25) is 17.7 Å². The molecule has 2 aromatic carbocycles. The van der Waals surface area contributed by atoms with Crippen LogP contribution >= 0.6 is 0 Å². The highest BCUT2D eigenvalue weighted by Crippen LogP contribution is 2.22. The van der Waals surface area contributed by atoms with Crippen LogP contribution in [0, 0.1) is 5.92 Å². The summed E-state index contributed by atoms with van der Waals surface area (Å²) < 4.78 is 5.74. The van der Waals surface area contributed by atoms with Crippen molar-refractivity contribution >= 4 is 22.9 Å². The van der Waals surface area contributed by atoms with Gasteiger partial charge in [0, 0.05) is 26.6 Å². The Morgan fingerprint density at radius 2 is 1.93 bits per heavy atom. The van der Waals surface area contributed by atoms with E-state index >= 15 is 0 Å². The molecule has 0 bridgehead atoms. The Morgan fingerprint density at radius 1 is 1.17 bits per heavy atom. The molecule has 156 valence electrons. The van der Waals surface area contributed by atoms with Gasteiger partial charge in [-0.25, -0.2) is 4.98 Å². The third-order valence-corrected chi connectivity index (χ3v) is 5.67. The van der Waals surface area contributed by atoms with Crippen LogP contribution in [-0.2, 0) is 22.6 Å². The van der Waals surface area contributed by atoms with Gasteiger partial charge in [-0.2, -0.15) is 0 Å². The molecule has 6 nitrogen and oxygen atoms in total. The summed E-state index contributed by atoms with van der Waals surface area (Å²) >= 11 is 0. The highest BCUT2D eigenvalue weighted by molar-refractivity contribution is 5.83. The smallest absolute Gasteiger partial charge is 0.227 e. The van der Waals surface area contributed by atoms with E-state index in [2.05, 4.69) is 17.1 Å². The summed E-state index contributed by atoms with van der Waals surface area (Å²) in [7, 11) is 1.77. The summed E-state index contributed by atoms with van der Waals surface area (Å²) in [6.45, 7) is 1.50. The fourth-order valence-corrected chi connectivity index (χ4v) is 4.03. The molecule has 0 N–H and O–H groups in total. The number of hydrogen-bond acceptors (Lipinski definition) is 4. The molecule has 1 fully saturated rings. The van der Waals surface area contributed by atoms with E-state index < -0.39 is 0 Å². The van der Waals surface area contributed by atoms with E-state index in [4.69, 9.17) is 4.42 Å². The summed E-state index contributed by atoms with van der Waals surface area (Å²) in [6, 6.07) is 17.8. The van der Waals surface area contributed by atoms with Crippen molar-refractivity contribution in [3.63, 3.8) is 0 Å². The lowest BCUT2D eigenvalue weighted by Crippen LogP contribution is -2.46. The molecule has 0 spiro atoms. The molecule has 2 amide bonds. The van der Waals surface area contributed by atoms with Crippen LogP contribution in [0.15, 0.2) is 59.0 Å². The number of amides is 2. The quantitative estimate of drug-likeness (QED) is 0.602. The zero-order chi connectivity index (χ0) is 20.9. The molecule has 1 saturated heterocycles. The van der Waals surface area contributed by atoms with Crippen molar-refractivity contribution in [2.75, 3.05) is 20.1 Å². The van der Waals surface area contributed by atoms with Gasteiger partial charge in [-0.3, -0.25) is 9.59 Å². The molecule has 0 radical (unpaired) electrons. The number of carbonyl (C=O) groups excluding carboxylic acids is 2. The van der Waals surface area contributed by atoms with Gasteiger partial charge in [-0.1, -0.05) is 42.5 Å². The molecule has 4 rings (SSSR count). The molecule has 6 heteroatoms. The lowest BCUT2D eigenvalue weighted by molar-refractivity contribution is -0.142. The molecule has 1 aliphatic rings. The molecule has 30 heavy (non-hydrogen) atoms. The van der Waals surface area contributed by atoms with Crippen LogP contribution < -0.4 is 0 Å². The van der Waals surface area contributed by atoms with E-state index in [0.717, 1.165) is 23.9 Å². The van der Waals surface area contributed by atoms with Crippen molar-refractivity contribution in [3.8, 4) is 0 Å². The van der Waals surface area contributed by atoms with Crippen molar-refractivity contribution in [2.45, 2.75) is 32.2 Å². The number of carbonyl (C=O) groups is 2. The number of benzene rings is 2. The number of fused-ring (bicyclic) bond motifs is 1. The van der Waals surface area contributed by atoms with E-state index in [-0.39, 0.29) is 17.7 Å². The fraction of sp³-hybridized carbons (Fsp3) is 0.375. The molecule has 1 aliphatic heterocycles. The normalized spacial score (nSPS) is 16.8. The van der Waals surface area contributed by atoms with E-state index in [1.165, 1.54) is 5.56 Å². The minimum absolute atomic E-state index is 0.0396. The number of oxazole rings is 1. The lowest BCUT2D eigenvalue weighted by Gasteiger charge is -2.33. The van der Waals surface area contributed by atoms with Crippen molar-refractivity contribution in [1.29, 1.82) is 0 Å². The summed E-state index contributed by atoms with van der Waals surface area (Å²) in [5, 5.41) is 0. The van der Waals surface area contributed by atoms with E-state index in [1.54, 1.807) is 11.9 Å². The van der Waals surface area contributed by atoms with Crippen molar-refractivity contribution in [3.05, 3.63) is 66.1 Å². The second kappa shape index (κ2) is 9.11. The number of hydrogen-bond donors (Lipinski definition) is 0. The van der Waals surface area contributed by atoms with Crippen LogP contribution in [0.2, 0.25) is 0 Å². The third-order valence-electron chi connectivity index (χ3n) is 5.67. The highest BCUT2D eigenvalue weighted by Gasteiger charge is 2.32. The fourth-order valence-electron chi connectivity index (χ4n) is 4.03. The number of para-hydroxylation sites is 2. The number of rotatable bonds is 7. The van der Waals surface area contributed by atoms with Gasteiger partial charge in [-0.05, 0) is 37.0 Å². The second-order valence-electron chi connectivity index (χ2n) is 7.93. The van der Waals surface area contributed by atoms with E-state index in [9.17, 15) is 9.59 Å². The molecular formula is C24H27N3O3. The standard InChI is InChI=1S/C24H27N3O3/c1-26(17-22-25-20-11-5-6-12-21(20)30-22)24(29)19-13-14-23(28)27(16-19)15-7-10-18-8-3-2-4-9-18/h2-6,8-9,11-12,19H,7,10,13-17H2,1H3. The molecule has 0 aliphatic carbocycles. The highest BCUT2D eigenvalue weighted by atomic mass is 16.3. The first kappa shape index (κ1) is 20.1. The first-order chi connectivity index (χ1) is 14.6. The van der Waals surface area contributed by atoms with Crippen LogP contribution in [0.5, 0.6) is 0 Å². The maximum atomic E-state index is 13.0. The Labute approximate surface area is 176 Å². The van der Waals surface area contributed by atoms with Crippen LogP contribution in [-0.4, -0.2) is 46.7 Å². The largest absolute Gasteiger partial charge is 0.439 e. The molecule has 0 saturated carbocycles. The van der Waals surface area contributed by atoms with Crippen LogP contribution in [0.1, 0.15) is 30.7 Å². The van der Waals surface area contributed by atoms with Crippen molar-refractivity contribution in [2.24, 2.45) is 5.92 Å². The Balaban J connectivity index is 1.32. The Kier molecular flexibility index (Phi) is 6.12. The minimum Gasteiger partial charge on any atom is -0.439 e. The molecule has 2 heterocycles. The predicted molar refractivity (Wildman–Crippen MR) is 115 cm³/mol. The lowest BCUT2D eigenvalue weighted by atomic mass is 9.95. The molecule has 1 aromatic heterocycles. The van der Waals surface area contributed by atoms with E-state index in [0.29, 0.717) is 38.4 Å². The monoisotopic (exact) mass is 405 g/mol. The van der Waals surface area contributed by atoms with E-state index in [1.807, 2.05) is 47.4 Å². The van der Waals surface area contributed by atoms with Gasteiger partial charge in [0.05, 0.1) is 12.5 Å². The third kappa shape index (κ3) is 4.70. The zero-order valence-corrected chi connectivity index (χ0v) is 17.3. The first-order valence-electron chi connectivity index (χ1n) is 10.5. The number of nitrogens with zero attached hydrogens (tertiary/aromatic N) is 3. The average Bonchev–Trinajstić information content (AvgIpc) is 3.17. The van der Waals surface area contributed by atoms with Crippen LogP contribution in [0.25, 0.3) is 11.1 Å². The van der Waals surface area contributed by atoms with Gasteiger partial charge in [0.1, 0.15) is 5.52 Å². The summed E-state index contributed by atoms with van der Waals surface area (Å²) in [5.74, 6) is 0.541. The van der Waals surface area contributed by atoms with Gasteiger partial charge in [-0.15, -0.1) is 0 Å². The molecule has 1 atom stereocenters. The van der Waals surface area contributed by atoms with Crippen molar-refractivity contribution in [1.82, 2.24) is 14.8 Å². The molecule has 3 aromatic rings. The summed E-state index contributed by atoms with van der Waals surface area (Å²) in [5.41, 5.74) is 2.79. The van der Waals surface area contributed by atoms with Crippen LogP contribution in [0.3, 0.4) is 0 Å². The Hall–Kier alpha value is -3.15.